The van der Waals surface area contributed by atoms with Crippen molar-refractivity contribution < 1.29 is 14.3 Å². The van der Waals surface area contributed by atoms with E-state index in [0.717, 1.165) is 29.7 Å². The Balaban J connectivity index is 1.58. The van der Waals surface area contributed by atoms with Gasteiger partial charge < -0.3 is 19.8 Å². The van der Waals surface area contributed by atoms with Gasteiger partial charge in [0, 0.05) is 18.5 Å². The molecule has 1 aromatic heterocycles. The molecule has 0 saturated heterocycles. The number of para-hydroxylation sites is 2. The number of amides is 1. The molecule has 1 heterocycles. The summed E-state index contributed by atoms with van der Waals surface area (Å²) >= 11 is 0. The number of benzene rings is 2. The Morgan fingerprint density at radius 2 is 1.96 bits per heavy atom. The van der Waals surface area contributed by atoms with Gasteiger partial charge in [-0.05, 0) is 43.7 Å². The van der Waals surface area contributed by atoms with E-state index in [-0.39, 0.29) is 5.91 Å². The highest BCUT2D eigenvalue weighted by Gasteiger charge is 2.12. The van der Waals surface area contributed by atoms with Crippen molar-refractivity contribution in [3.8, 4) is 11.5 Å². The highest BCUT2D eigenvalue weighted by atomic mass is 16.5. The smallest absolute Gasteiger partial charge is 0.251 e. The van der Waals surface area contributed by atoms with Gasteiger partial charge in [-0.2, -0.15) is 0 Å². The van der Waals surface area contributed by atoms with E-state index >= 15 is 0 Å². The van der Waals surface area contributed by atoms with Crippen LogP contribution in [0, 0.1) is 0 Å². The van der Waals surface area contributed by atoms with E-state index in [0.29, 0.717) is 43.2 Å². The Labute approximate surface area is 165 Å². The molecule has 28 heavy (non-hydrogen) atoms. The number of H-pyrrole nitrogens is 1. The number of imidazole rings is 1. The number of fused-ring (bicyclic) bond motifs is 1. The highest BCUT2D eigenvalue weighted by molar-refractivity contribution is 5.94. The Morgan fingerprint density at radius 3 is 2.75 bits per heavy atom. The maximum Gasteiger partial charge on any atom is 0.251 e. The maximum atomic E-state index is 12.5. The van der Waals surface area contributed by atoms with Gasteiger partial charge in [0.15, 0.2) is 11.5 Å². The SMILES string of the molecule is CCCCOc1ccc(C(=O)NCCc2nc3ccccc3[nH]2)cc1OCC. The second-order valence-electron chi connectivity index (χ2n) is 6.50. The van der Waals surface area contributed by atoms with Gasteiger partial charge in [-0.1, -0.05) is 25.5 Å². The van der Waals surface area contributed by atoms with Gasteiger partial charge in [-0.15, -0.1) is 0 Å². The molecule has 148 valence electrons. The Kier molecular flexibility index (Phi) is 6.89. The first-order valence-electron chi connectivity index (χ1n) is 9.82. The predicted molar refractivity (Wildman–Crippen MR) is 110 cm³/mol. The molecule has 0 fully saturated rings. The molecule has 0 radical (unpaired) electrons. The van der Waals surface area contributed by atoms with Gasteiger partial charge in [0.25, 0.3) is 5.91 Å². The van der Waals surface area contributed by atoms with Crippen molar-refractivity contribution in [1.29, 1.82) is 0 Å². The summed E-state index contributed by atoms with van der Waals surface area (Å²) in [5, 5.41) is 2.94. The average Bonchev–Trinajstić information content (AvgIpc) is 3.12. The van der Waals surface area contributed by atoms with Crippen LogP contribution in [0.5, 0.6) is 11.5 Å². The summed E-state index contributed by atoms with van der Waals surface area (Å²) in [5.74, 6) is 1.99. The molecule has 0 atom stereocenters. The normalized spacial score (nSPS) is 10.8. The number of aromatic nitrogens is 2. The summed E-state index contributed by atoms with van der Waals surface area (Å²) in [6.45, 7) is 5.68. The fourth-order valence-electron chi connectivity index (χ4n) is 2.88. The summed E-state index contributed by atoms with van der Waals surface area (Å²) in [6.07, 6.45) is 2.68. The topological polar surface area (TPSA) is 76.2 Å². The van der Waals surface area contributed by atoms with E-state index in [1.54, 1.807) is 18.2 Å². The molecule has 0 saturated carbocycles. The van der Waals surface area contributed by atoms with Crippen LogP contribution in [0.1, 0.15) is 42.9 Å². The third-order valence-corrected chi connectivity index (χ3v) is 4.35. The average molecular weight is 381 g/mol. The summed E-state index contributed by atoms with van der Waals surface area (Å²) in [7, 11) is 0. The first-order chi connectivity index (χ1) is 13.7. The summed E-state index contributed by atoms with van der Waals surface area (Å²) < 4.78 is 11.4. The molecule has 2 aromatic carbocycles. The molecule has 3 rings (SSSR count). The highest BCUT2D eigenvalue weighted by Crippen LogP contribution is 2.28. The van der Waals surface area contributed by atoms with Gasteiger partial charge in [0.1, 0.15) is 5.82 Å². The number of ether oxygens (including phenoxy) is 2. The minimum absolute atomic E-state index is 0.142. The molecular weight excluding hydrogens is 354 g/mol. The number of aromatic amines is 1. The number of nitrogens with zero attached hydrogens (tertiary/aromatic N) is 1. The van der Waals surface area contributed by atoms with Crippen molar-refractivity contribution in [2.24, 2.45) is 0 Å². The standard InChI is InChI=1S/C22H27N3O3/c1-3-5-14-28-19-11-10-16(15-20(19)27-4-2)22(26)23-13-12-21-24-17-8-6-7-9-18(17)25-21/h6-11,15H,3-5,12-14H2,1-2H3,(H,23,26)(H,24,25). The third kappa shape index (κ3) is 5.03. The van der Waals surface area contributed by atoms with Crippen molar-refractivity contribution in [3.63, 3.8) is 0 Å². The number of carbonyl (C=O) groups excluding carboxylic acids is 1. The van der Waals surface area contributed by atoms with Crippen LogP contribution >= 0.6 is 0 Å². The monoisotopic (exact) mass is 381 g/mol. The van der Waals surface area contributed by atoms with E-state index in [9.17, 15) is 4.79 Å². The van der Waals surface area contributed by atoms with E-state index in [1.165, 1.54) is 0 Å². The molecule has 0 unspecified atom stereocenters. The lowest BCUT2D eigenvalue weighted by Gasteiger charge is -2.13. The summed E-state index contributed by atoms with van der Waals surface area (Å²) in [4.78, 5) is 20.3. The number of hydrogen-bond donors (Lipinski definition) is 2. The lowest BCUT2D eigenvalue weighted by atomic mass is 10.2. The van der Waals surface area contributed by atoms with Crippen molar-refractivity contribution in [2.75, 3.05) is 19.8 Å². The molecule has 0 aliphatic carbocycles. The van der Waals surface area contributed by atoms with Gasteiger partial charge in [0.2, 0.25) is 0 Å². The van der Waals surface area contributed by atoms with Crippen LogP contribution in [-0.4, -0.2) is 35.6 Å². The van der Waals surface area contributed by atoms with Crippen LogP contribution in [0.15, 0.2) is 42.5 Å². The first kappa shape index (κ1) is 19.7. The number of rotatable bonds is 10. The van der Waals surface area contributed by atoms with Gasteiger partial charge in [-0.25, -0.2) is 4.98 Å². The van der Waals surface area contributed by atoms with Gasteiger partial charge >= 0.3 is 0 Å². The summed E-state index contributed by atoms with van der Waals surface area (Å²) in [5.41, 5.74) is 2.49. The Hall–Kier alpha value is -3.02. The molecule has 3 aromatic rings. The quantitative estimate of drug-likeness (QED) is 0.518. The van der Waals surface area contributed by atoms with E-state index in [4.69, 9.17) is 9.47 Å². The molecule has 1 amide bonds. The minimum atomic E-state index is -0.142. The fourth-order valence-corrected chi connectivity index (χ4v) is 2.88. The zero-order valence-corrected chi connectivity index (χ0v) is 16.5. The number of hydrogen-bond acceptors (Lipinski definition) is 4. The van der Waals surface area contributed by atoms with Crippen LogP contribution in [0.2, 0.25) is 0 Å². The lowest BCUT2D eigenvalue weighted by molar-refractivity contribution is 0.0953. The predicted octanol–water partition coefficient (Wildman–Crippen LogP) is 4.11. The van der Waals surface area contributed by atoms with Crippen LogP contribution < -0.4 is 14.8 Å². The van der Waals surface area contributed by atoms with E-state index < -0.39 is 0 Å². The van der Waals surface area contributed by atoms with Crippen LogP contribution in [0.4, 0.5) is 0 Å². The molecular formula is C22H27N3O3. The van der Waals surface area contributed by atoms with Gasteiger partial charge in [-0.3, -0.25) is 4.79 Å². The summed E-state index contributed by atoms with van der Waals surface area (Å²) in [6, 6.07) is 13.2. The second-order valence-corrected chi connectivity index (χ2v) is 6.50. The van der Waals surface area contributed by atoms with Crippen LogP contribution in [-0.2, 0) is 6.42 Å². The van der Waals surface area contributed by atoms with Crippen LogP contribution in [0.25, 0.3) is 11.0 Å². The van der Waals surface area contributed by atoms with E-state index in [1.807, 2.05) is 31.2 Å². The first-order valence-corrected chi connectivity index (χ1v) is 9.82. The minimum Gasteiger partial charge on any atom is -0.490 e. The molecule has 0 spiro atoms. The fraction of sp³-hybridized carbons (Fsp3) is 0.364. The van der Waals surface area contributed by atoms with Crippen molar-refractivity contribution >= 4 is 16.9 Å². The Bertz CT molecular complexity index is 887. The maximum absolute atomic E-state index is 12.5. The van der Waals surface area contributed by atoms with E-state index in [2.05, 4.69) is 22.2 Å². The number of nitrogens with one attached hydrogen (secondary N) is 2. The molecule has 0 bridgehead atoms. The zero-order chi connectivity index (χ0) is 19.8. The zero-order valence-electron chi connectivity index (χ0n) is 16.5. The Morgan fingerprint density at radius 1 is 1.11 bits per heavy atom. The molecule has 0 aliphatic rings. The molecule has 6 nitrogen and oxygen atoms in total. The second kappa shape index (κ2) is 9.78. The number of unbranched alkanes of at least 4 members (excludes halogenated alkanes) is 1. The van der Waals surface area contributed by atoms with Crippen molar-refractivity contribution in [1.82, 2.24) is 15.3 Å². The molecule has 0 aliphatic heterocycles. The van der Waals surface area contributed by atoms with Crippen molar-refractivity contribution in [3.05, 3.63) is 53.9 Å². The van der Waals surface area contributed by atoms with Gasteiger partial charge in [0.05, 0.1) is 24.2 Å². The van der Waals surface area contributed by atoms with Crippen molar-refractivity contribution in [2.45, 2.75) is 33.1 Å². The molecule has 2 N–H and O–H groups in total. The largest absolute Gasteiger partial charge is 0.490 e. The lowest BCUT2D eigenvalue weighted by Crippen LogP contribution is -2.26. The third-order valence-electron chi connectivity index (χ3n) is 4.35. The number of carbonyl (C=O) groups is 1. The van der Waals surface area contributed by atoms with Crippen LogP contribution in [0.3, 0.4) is 0 Å². The molecule has 6 heteroatoms.